The molecule has 1 aromatic heterocycles. The normalized spacial score (nSPS) is 26.5. The largest absolute Gasteiger partial charge is 0.466 e. The number of rotatable bonds is 3. The molecule has 1 spiro atoms. The molecule has 2 aromatic rings. The summed E-state index contributed by atoms with van der Waals surface area (Å²) in [6.45, 7) is 3.03. The van der Waals surface area contributed by atoms with Crippen molar-refractivity contribution in [2.45, 2.75) is 51.0 Å². The van der Waals surface area contributed by atoms with Gasteiger partial charge in [0.15, 0.2) is 0 Å². The number of carbonyl (C=O) groups excluding carboxylic acids is 1. The summed E-state index contributed by atoms with van der Waals surface area (Å²) in [5.74, 6) is 0.0908. The number of carbonyl (C=O) groups is 1. The summed E-state index contributed by atoms with van der Waals surface area (Å²) in [6.07, 6.45) is 5.69. The summed E-state index contributed by atoms with van der Waals surface area (Å²) in [7, 11) is 0. The van der Waals surface area contributed by atoms with Gasteiger partial charge in [-0.1, -0.05) is 31.0 Å². The molecular weight excluding hydrogens is 302 g/mol. The Bertz CT molecular complexity index is 750. The van der Waals surface area contributed by atoms with Crippen LogP contribution >= 0.6 is 0 Å². The Morgan fingerprint density at radius 3 is 3.12 bits per heavy atom. The molecule has 0 saturated heterocycles. The molecule has 1 aliphatic carbocycles. The van der Waals surface area contributed by atoms with Crippen LogP contribution in [0.25, 0.3) is 10.9 Å². The zero-order chi connectivity index (χ0) is 16.6. The first-order valence-corrected chi connectivity index (χ1v) is 9.14. The molecule has 2 aliphatic rings. The summed E-state index contributed by atoms with van der Waals surface area (Å²) < 4.78 is 11.6. The first-order chi connectivity index (χ1) is 11.7. The Morgan fingerprint density at radius 2 is 2.25 bits per heavy atom. The predicted molar refractivity (Wildman–Crippen MR) is 92.8 cm³/mol. The van der Waals surface area contributed by atoms with E-state index in [1.165, 1.54) is 22.2 Å². The summed E-state index contributed by atoms with van der Waals surface area (Å²) in [4.78, 5) is 15.8. The SMILES string of the molecule is CCOC(=O)CC1CCCCC12OCCc1c2[nH]c2ccccc12. The van der Waals surface area contributed by atoms with Crippen LogP contribution in [-0.4, -0.2) is 24.2 Å². The van der Waals surface area contributed by atoms with E-state index in [0.717, 1.165) is 38.7 Å². The molecule has 0 bridgehead atoms. The maximum Gasteiger partial charge on any atom is 0.306 e. The van der Waals surface area contributed by atoms with Crippen LogP contribution in [0.1, 0.15) is 50.3 Å². The zero-order valence-corrected chi connectivity index (χ0v) is 14.3. The van der Waals surface area contributed by atoms with Crippen molar-refractivity contribution in [3.63, 3.8) is 0 Å². The Labute approximate surface area is 142 Å². The van der Waals surface area contributed by atoms with E-state index in [1.54, 1.807) is 0 Å². The van der Waals surface area contributed by atoms with Crippen molar-refractivity contribution in [2.75, 3.05) is 13.2 Å². The molecular formula is C20H25NO3. The van der Waals surface area contributed by atoms with Crippen LogP contribution in [0.4, 0.5) is 0 Å². The highest BCUT2D eigenvalue weighted by Crippen LogP contribution is 2.50. The number of aromatic nitrogens is 1. The second-order valence-corrected chi connectivity index (χ2v) is 6.96. The third-order valence-electron chi connectivity index (χ3n) is 5.68. The Morgan fingerprint density at radius 1 is 1.38 bits per heavy atom. The number of benzene rings is 1. The van der Waals surface area contributed by atoms with E-state index >= 15 is 0 Å². The van der Waals surface area contributed by atoms with Crippen molar-refractivity contribution in [1.82, 2.24) is 4.98 Å². The molecule has 4 rings (SSSR count). The van der Waals surface area contributed by atoms with E-state index in [0.29, 0.717) is 13.0 Å². The quantitative estimate of drug-likeness (QED) is 0.864. The first-order valence-electron chi connectivity index (χ1n) is 9.14. The zero-order valence-electron chi connectivity index (χ0n) is 14.3. The molecule has 1 N–H and O–H groups in total. The van der Waals surface area contributed by atoms with Crippen LogP contribution in [0.3, 0.4) is 0 Å². The third-order valence-corrected chi connectivity index (χ3v) is 5.68. The Balaban J connectivity index is 1.77. The van der Waals surface area contributed by atoms with Gasteiger partial charge in [0.1, 0.15) is 5.60 Å². The van der Waals surface area contributed by atoms with Crippen molar-refractivity contribution in [1.29, 1.82) is 0 Å². The van der Waals surface area contributed by atoms with Gasteiger partial charge in [0.05, 0.1) is 25.3 Å². The van der Waals surface area contributed by atoms with Gasteiger partial charge in [-0.3, -0.25) is 4.79 Å². The lowest BCUT2D eigenvalue weighted by Crippen LogP contribution is -2.45. The maximum atomic E-state index is 12.1. The van der Waals surface area contributed by atoms with Gasteiger partial charge in [0, 0.05) is 16.8 Å². The monoisotopic (exact) mass is 327 g/mol. The molecule has 4 nitrogen and oxygen atoms in total. The average molecular weight is 327 g/mol. The number of hydrogen-bond donors (Lipinski definition) is 1. The molecule has 128 valence electrons. The average Bonchev–Trinajstić information content (AvgIpc) is 2.98. The van der Waals surface area contributed by atoms with Crippen molar-refractivity contribution in [3.8, 4) is 0 Å². The van der Waals surface area contributed by atoms with Gasteiger partial charge in [-0.25, -0.2) is 0 Å². The van der Waals surface area contributed by atoms with E-state index in [-0.39, 0.29) is 17.5 Å². The Kier molecular flexibility index (Phi) is 4.09. The van der Waals surface area contributed by atoms with Crippen LogP contribution in [-0.2, 0) is 26.3 Å². The molecule has 1 saturated carbocycles. The number of ether oxygens (including phenoxy) is 2. The molecule has 0 radical (unpaired) electrons. The Hall–Kier alpha value is -1.81. The van der Waals surface area contributed by atoms with Gasteiger partial charge in [0.25, 0.3) is 0 Å². The fourth-order valence-corrected chi connectivity index (χ4v) is 4.65. The third kappa shape index (κ3) is 2.44. The van der Waals surface area contributed by atoms with Crippen LogP contribution in [0.2, 0.25) is 0 Å². The number of hydrogen-bond acceptors (Lipinski definition) is 3. The highest BCUT2D eigenvalue weighted by atomic mass is 16.5. The lowest BCUT2D eigenvalue weighted by Gasteiger charge is -2.46. The number of H-pyrrole nitrogens is 1. The van der Waals surface area contributed by atoms with Crippen LogP contribution in [0.5, 0.6) is 0 Å². The number of esters is 1. The molecule has 1 aromatic carbocycles. The van der Waals surface area contributed by atoms with E-state index in [4.69, 9.17) is 9.47 Å². The van der Waals surface area contributed by atoms with Crippen LogP contribution < -0.4 is 0 Å². The standard InChI is InChI=1S/C20H25NO3/c1-2-23-18(22)13-14-7-5-6-11-20(14)19-16(10-12-24-20)15-8-3-4-9-17(15)21-19/h3-4,8-9,14,21H,2,5-7,10-13H2,1H3. The number of aromatic amines is 1. The van der Waals surface area contributed by atoms with Crippen molar-refractivity contribution in [3.05, 3.63) is 35.5 Å². The minimum Gasteiger partial charge on any atom is -0.466 e. The fraction of sp³-hybridized carbons (Fsp3) is 0.550. The van der Waals surface area contributed by atoms with E-state index in [2.05, 4.69) is 29.2 Å². The van der Waals surface area contributed by atoms with Crippen molar-refractivity contribution < 1.29 is 14.3 Å². The highest BCUT2D eigenvalue weighted by Gasteiger charge is 2.48. The topological polar surface area (TPSA) is 51.3 Å². The second-order valence-electron chi connectivity index (χ2n) is 6.96. The number of fused-ring (bicyclic) bond motifs is 4. The summed E-state index contributed by atoms with van der Waals surface area (Å²) in [5.41, 5.74) is 3.42. The number of nitrogens with one attached hydrogen (secondary N) is 1. The fourth-order valence-electron chi connectivity index (χ4n) is 4.65. The predicted octanol–water partition coefficient (Wildman–Crippen LogP) is 4.08. The van der Waals surface area contributed by atoms with Gasteiger partial charge >= 0.3 is 5.97 Å². The summed E-state index contributed by atoms with van der Waals surface area (Å²) >= 11 is 0. The summed E-state index contributed by atoms with van der Waals surface area (Å²) in [6, 6.07) is 8.47. The molecule has 2 atom stereocenters. The van der Waals surface area contributed by atoms with Gasteiger partial charge in [0.2, 0.25) is 0 Å². The van der Waals surface area contributed by atoms with Gasteiger partial charge < -0.3 is 14.5 Å². The van der Waals surface area contributed by atoms with E-state index in [9.17, 15) is 4.79 Å². The van der Waals surface area contributed by atoms with Crippen molar-refractivity contribution in [2.24, 2.45) is 5.92 Å². The molecule has 2 unspecified atom stereocenters. The van der Waals surface area contributed by atoms with E-state index in [1.807, 2.05) is 6.92 Å². The smallest absolute Gasteiger partial charge is 0.306 e. The molecule has 1 aliphatic heterocycles. The van der Waals surface area contributed by atoms with Gasteiger partial charge in [-0.15, -0.1) is 0 Å². The minimum absolute atomic E-state index is 0.101. The highest BCUT2D eigenvalue weighted by molar-refractivity contribution is 5.85. The van der Waals surface area contributed by atoms with E-state index < -0.39 is 0 Å². The molecule has 0 amide bonds. The molecule has 1 fully saturated rings. The molecule has 4 heteroatoms. The minimum atomic E-state index is -0.350. The maximum absolute atomic E-state index is 12.1. The molecule has 24 heavy (non-hydrogen) atoms. The van der Waals surface area contributed by atoms with Gasteiger partial charge in [-0.05, 0) is 37.8 Å². The van der Waals surface area contributed by atoms with Crippen molar-refractivity contribution >= 4 is 16.9 Å². The van der Waals surface area contributed by atoms with Crippen LogP contribution in [0, 0.1) is 5.92 Å². The lowest BCUT2D eigenvalue weighted by atomic mass is 9.70. The number of para-hydroxylation sites is 1. The lowest BCUT2D eigenvalue weighted by molar-refractivity contribution is -0.157. The van der Waals surface area contributed by atoms with Crippen LogP contribution in [0.15, 0.2) is 24.3 Å². The summed E-state index contributed by atoms with van der Waals surface area (Å²) in [5, 5.41) is 1.30. The van der Waals surface area contributed by atoms with Gasteiger partial charge in [-0.2, -0.15) is 0 Å². The second kappa shape index (κ2) is 6.25. The molecule has 2 heterocycles. The first kappa shape index (κ1) is 15.7.